The molecule has 5 aromatic rings. The molecule has 0 bridgehead atoms. The van der Waals surface area contributed by atoms with Crippen LogP contribution in [-0.2, 0) is 27.5 Å². The Morgan fingerprint density at radius 3 is 2.53 bits per heavy atom. The van der Waals surface area contributed by atoms with Crippen LogP contribution in [0, 0.1) is 5.92 Å². The number of ether oxygens (including phenoxy) is 1. The van der Waals surface area contributed by atoms with E-state index in [1.165, 1.54) is 10.6 Å². The summed E-state index contributed by atoms with van der Waals surface area (Å²) < 4.78 is 50.4. The Hall–Kier alpha value is -5.55. The number of aromatic nitrogens is 5. The number of pyridine rings is 1. The summed E-state index contributed by atoms with van der Waals surface area (Å²) in [6, 6.07) is 13.8. The summed E-state index contributed by atoms with van der Waals surface area (Å²) in [5, 5.41) is 10.6. The van der Waals surface area contributed by atoms with Gasteiger partial charge in [-0.1, -0.05) is 12.1 Å². The smallest absolute Gasteiger partial charge is 0.378 e. The van der Waals surface area contributed by atoms with E-state index >= 15 is 0 Å². The number of fused-ring (bicyclic) bond motifs is 2. The van der Waals surface area contributed by atoms with Gasteiger partial charge in [0, 0.05) is 57.5 Å². The Kier molecular flexibility index (Phi) is 10.1. The van der Waals surface area contributed by atoms with Crippen molar-refractivity contribution >= 4 is 51.0 Å². The molecule has 2 saturated heterocycles. The van der Waals surface area contributed by atoms with Gasteiger partial charge in [-0.15, -0.1) is 0 Å². The fourth-order valence-corrected chi connectivity index (χ4v) is 8.87. The molecular weight excluding hydrogens is 743 g/mol. The number of amides is 3. The van der Waals surface area contributed by atoms with Crippen LogP contribution in [0.5, 0.6) is 0 Å². The van der Waals surface area contributed by atoms with Gasteiger partial charge < -0.3 is 15.0 Å². The maximum absolute atomic E-state index is 13.5. The van der Waals surface area contributed by atoms with Crippen LogP contribution in [0.4, 0.5) is 24.5 Å². The molecule has 3 atom stereocenters. The number of aryl methyl sites for hydroxylation is 1. The van der Waals surface area contributed by atoms with E-state index in [1.54, 1.807) is 36.9 Å². The fourth-order valence-electron chi connectivity index (χ4n) is 8.87. The van der Waals surface area contributed by atoms with Crippen molar-refractivity contribution < 1.29 is 32.3 Å². The molecule has 3 aromatic heterocycles. The van der Waals surface area contributed by atoms with Gasteiger partial charge in [0.1, 0.15) is 17.4 Å². The summed E-state index contributed by atoms with van der Waals surface area (Å²) in [7, 11) is 5.59. The average Bonchev–Trinajstić information content (AvgIpc) is 3.89. The van der Waals surface area contributed by atoms with Crippen molar-refractivity contribution in [1.82, 2.24) is 34.1 Å². The zero-order valence-corrected chi connectivity index (χ0v) is 31.8. The number of carbonyl (C=O) groups is 3. The molecule has 3 amide bonds. The standard InChI is InChI=1S/C40H44F3N9O5/c1-48(32-21-50(22-33(32)57-3)29-7-5-8-30-36(29)49(2)39(56)52(30)31-16-17-35(53)46-38(31)55)19-23-10-13-26(14-11-23)51-20-24-18-25(12-15-27(24)47-51)44-37(54)28-6-4-9-34(45-28)40(41,42)43/h4-9,12,15,18,20,23,26,31-33H,10-11,13-14,16-17,19,21-22H2,1-3H3,(H,44,54)(H,46,53,55)/t23-,26-,31?,32-,33-/m0/s1. The normalized spacial score (nSPS) is 23.1. The number of anilines is 2. The van der Waals surface area contributed by atoms with E-state index in [9.17, 15) is 32.3 Å². The highest BCUT2D eigenvalue weighted by molar-refractivity contribution is 6.04. The molecule has 3 fully saturated rings. The molecule has 1 aliphatic carbocycles. The van der Waals surface area contributed by atoms with Crippen molar-refractivity contribution in [1.29, 1.82) is 0 Å². The largest absolute Gasteiger partial charge is 0.433 e. The Morgan fingerprint density at radius 2 is 1.79 bits per heavy atom. The molecule has 2 aliphatic heterocycles. The van der Waals surface area contributed by atoms with Crippen molar-refractivity contribution in [2.24, 2.45) is 13.0 Å². The van der Waals surface area contributed by atoms with Gasteiger partial charge in [-0.3, -0.25) is 38.4 Å². The number of para-hydroxylation sites is 1. The van der Waals surface area contributed by atoms with Crippen LogP contribution < -0.4 is 21.2 Å². The van der Waals surface area contributed by atoms with Crippen LogP contribution in [0.2, 0.25) is 0 Å². The number of imide groups is 1. The van der Waals surface area contributed by atoms with Crippen LogP contribution in [0.15, 0.2) is 65.6 Å². The molecule has 0 spiro atoms. The molecule has 57 heavy (non-hydrogen) atoms. The second-order valence-corrected chi connectivity index (χ2v) is 15.4. The van der Waals surface area contributed by atoms with Crippen LogP contribution in [0.25, 0.3) is 21.9 Å². The van der Waals surface area contributed by atoms with Crippen LogP contribution in [-0.4, -0.2) is 92.5 Å². The average molecular weight is 788 g/mol. The number of likely N-dealkylation sites (N-methyl/N-ethyl adjacent to an activating group) is 1. The monoisotopic (exact) mass is 787 g/mol. The molecule has 2 aromatic carbocycles. The van der Waals surface area contributed by atoms with Crippen molar-refractivity contribution in [2.45, 2.75) is 68.9 Å². The Bertz CT molecular complexity index is 2410. The lowest BCUT2D eigenvalue weighted by Gasteiger charge is -2.35. The molecule has 5 heterocycles. The highest BCUT2D eigenvalue weighted by atomic mass is 19.4. The van der Waals surface area contributed by atoms with Gasteiger partial charge in [-0.2, -0.15) is 18.3 Å². The first-order valence-electron chi connectivity index (χ1n) is 19.1. The lowest BCUT2D eigenvalue weighted by atomic mass is 9.85. The number of rotatable bonds is 9. The van der Waals surface area contributed by atoms with E-state index < -0.39 is 29.7 Å². The first kappa shape index (κ1) is 38.3. The van der Waals surface area contributed by atoms with E-state index in [0.717, 1.165) is 66.5 Å². The van der Waals surface area contributed by atoms with Crippen LogP contribution in [0.3, 0.4) is 0 Å². The minimum absolute atomic E-state index is 0.0664. The first-order chi connectivity index (χ1) is 27.3. The lowest BCUT2D eigenvalue weighted by molar-refractivity contribution is -0.141. The Labute approximate surface area is 325 Å². The number of alkyl halides is 3. The Morgan fingerprint density at radius 1 is 1.02 bits per heavy atom. The topological polar surface area (TPSA) is 149 Å². The summed E-state index contributed by atoms with van der Waals surface area (Å²) in [6.07, 6.45) is 1.61. The van der Waals surface area contributed by atoms with Gasteiger partial charge in [0.15, 0.2) is 0 Å². The summed E-state index contributed by atoms with van der Waals surface area (Å²) in [5.41, 5.74) is 1.73. The maximum atomic E-state index is 13.5. The molecule has 300 valence electrons. The zero-order valence-electron chi connectivity index (χ0n) is 31.8. The quantitative estimate of drug-likeness (QED) is 0.199. The number of benzene rings is 2. The van der Waals surface area contributed by atoms with Crippen LogP contribution in [0.1, 0.15) is 66.8 Å². The molecular formula is C40H44F3N9O5. The van der Waals surface area contributed by atoms with E-state index in [0.29, 0.717) is 30.2 Å². The van der Waals surface area contributed by atoms with Gasteiger partial charge >= 0.3 is 11.9 Å². The number of methoxy groups -OCH3 is 1. The van der Waals surface area contributed by atoms with Crippen LogP contribution >= 0.6 is 0 Å². The van der Waals surface area contributed by atoms with Crippen molar-refractivity contribution in [2.75, 3.05) is 44.0 Å². The molecule has 1 saturated carbocycles. The number of nitrogens with one attached hydrogen (secondary N) is 2. The van der Waals surface area contributed by atoms with Gasteiger partial charge in [0.25, 0.3) is 5.91 Å². The number of hydrogen-bond acceptors (Lipinski definition) is 9. The lowest BCUT2D eigenvalue weighted by Crippen LogP contribution is -2.44. The summed E-state index contributed by atoms with van der Waals surface area (Å²) in [4.78, 5) is 59.0. The molecule has 14 nitrogen and oxygen atoms in total. The molecule has 3 aliphatic rings. The second-order valence-electron chi connectivity index (χ2n) is 15.4. The number of nitrogens with zero attached hydrogens (tertiary/aromatic N) is 7. The molecule has 1 unspecified atom stereocenters. The summed E-state index contributed by atoms with van der Waals surface area (Å²) in [5.74, 6) is -1.05. The van der Waals surface area contributed by atoms with E-state index in [-0.39, 0.29) is 48.3 Å². The molecule has 8 rings (SSSR count). The summed E-state index contributed by atoms with van der Waals surface area (Å²) >= 11 is 0. The first-order valence-corrected chi connectivity index (χ1v) is 19.1. The maximum Gasteiger partial charge on any atom is 0.433 e. The van der Waals surface area contributed by atoms with Crippen molar-refractivity contribution in [3.8, 4) is 0 Å². The van der Waals surface area contributed by atoms with Gasteiger partial charge in [-0.25, -0.2) is 9.78 Å². The predicted octanol–water partition coefficient (Wildman–Crippen LogP) is 4.90. The minimum atomic E-state index is -4.65. The molecule has 17 heteroatoms. The van der Waals surface area contributed by atoms with Crippen molar-refractivity contribution in [3.05, 3.63) is 82.7 Å². The Balaban J connectivity index is 0.897. The molecule has 0 radical (unpaired) electrons. The third-order valence-electron chi connectivity index (χ3n) is 11.8. The fraction of sp³-hybridized carbons (Fsp3) is 0.450. The number of halogens is 3. The zero-order chi connectivity index (χ0) is 40.2. The van der Waals surface area contributed by atoms with E-state index in [2.05, 4.69) is 32.5 Å². The summed E-state index contributed by atoms with van der Waals surface area (Å²) in [6.45, 7) is 2.22. The third kappa shape index (κ3) is 7.41. The second kappa shape index (κ2) is 15.1. The highest BCUT2D eigenvalue weighted by Gasteiger charge is 2.39. The number of carbonyl (C=O) groups excluding carboxylic acids is 3. The molecule has 2 N–H and O–H groups in total. The number of hydrogen-bond donors (Lipinski definition) is 2. The van der Waals surface area contributed by atoms with E-state index in [4.69, 9.17) is 9.84 Å². The SMILES string of the molecule is CO[C@H]1CN(c2cccc3c2n(C)c(=O)n3C2CCC(=O)NC2=O)C[C@@H]1N(C)C[C@H]1CC[C@H](n2cc3cc(NC(=O)c4cccc(C(F)(F)F)n4)ccc3n2)CC1. The van der Waals surface area contributed by atoms with Crippen molar-refractivity contribution in [3.63, 3.8) is 0 Å². The highest BCUT2D eigenvalue weighted by Crippen LogP contribution is 2.36. The van der Waals surface area contributed by atoms with Gasteiger partial charge in [-0.05, 0) is 87.5 Å². The number of imidazole rings is 1. The number of piperidine rings is 1. The van der Waals surface area contributed by atoms with E-state index in [1.807, 2.05) is 29.1 Å². The predicted molar refractivity (Wildman–Crippen MR) is 206 cm³/mol. The minimum Gasteiger partial charge on any atom is -0.378 e. The third-order valence-corrected chi connectivity index (χ3v) is 11.8. The van der Waals surface area contributed by atoms with Gasteiger partial charge in [0.05, 0.1) is 40.4 Å². The van der Waals surface area contributed by atoms with Gasteiger partial charge in [0.2, 0.25) is 11.8 Å².